The highest BCUT2D eigenvalue weighted by molar-refractivity contribution is 5.66. The summed E-state index contributed by atoms with van der Waals surface area (Å²) in [5.41, 5.74) is 1.32. The van der Waals surface area contributed by atoms with E-state index in [1.807, 2.05) is 0 Å². The Bertz CT molecular complexity index is 263. The van der Waals surface area contributed by atoms with E-state index in [4.69, 9.17) is 5.11 Å². The summed E-state index contributed by atoms with van der Waals surface area (Å²) in [6, 6.07) is 0. The summed E-state index contributed by atoms with van der Waals surface area (Å²) in [6.07, 6.45) is 8.32. The summed E-state index contributed by atoms with van der Waals surface area (Å²) in [5.74, 6) is -0.707. The van der Waals surface area contributed by atoms with Crippen LogP contribution >= 0.6 is 0 Å². The highest BCUT2D eigenvalue weighted by Crippen LogP contribution is 2.33. The Hall–Kier alpha value is -1.05. The Morgan fingerprint density at radius 2 is 2.38 bits per heavy atom. The van der Waals surface area contributed by atoms with Gasteiger partial charge in [-0.25, -0.2) is 0 Å². The van der Waals surface area contributed by atoms with Gasteiger partial charge in [0.25, 0.3) is 0 Å². The molecule has 0 heterocycles. The fourth-order valence-electron chi connectivity index (χ4n) is 1.44. The molecule has 1 atom stereocenters. The van der Waals surface area contributed by atoms with Crippen LogP contribution in [0, 0.1) is 5.41 Å². The molecule has 0 bridgehead atoms. The van der Waals surface area contributed by atoms with Gasteiger partial charge in [0.05, 0.1) is 0 Å². The molecule has 0 saturated heterocycles. The van der Waals surface area contributed by atoms with Crippen LogP contribution in [0.3, 0.4) is 0 Å². The highest BCUT2D eigenvalue weighted by Gasteiger charge is 2.22. The predicted octanol–water partition coefficient (Wildman–Crippen LogP) is 2.76. The topological polar surface area (TPSA) is 37.3 Å². The van der Waals surface area contributed by atoms with Crippen molar-refractivity contribution < 1.29 is 9.90 Å². The maximum atomic E-state index is 10.4. The minimum absolute atomic E-state index is 0.0535. The van der Waals surface area contributed by atoms with Gasteiger partial charge in [-0.1, -0.05) is 30.7 Å². The molecule has 13 heavy (non-hydrogen) atoms. The maximum Gasteiger partial charge on any atom is 0.303 e. The number of carboxylic acid groups (broad SMARTS) is 1. The molecule has 0 aromatic rings. The molecule has 0 saturated carbocycles. The molecule has 0 radical (unpaired) electrons. The molecule has 1 N–H and O–H groups in total. The van der Waals surface area contributed by atoms with Gasteiger partial charge in [-0.2, -0.15) is 0 Å². The molecule has 0 aromatic heterocycles. The molecule has 0 fully saturated rings. The predicted molar refractivity (Wildman–Crippen MR) is 52.5 cm³/mol. The Morgan fingerprint density at radius 3 is 2.85 bits per heavy atom. The van der Waals surface area contributed by atoms with E-state index < -0.39 is 5.97 Å². The first-order chi connectivity index (χ1) is 6.02. The van der Waals surface area contributed by atoms with Crippen molar-refractivity contribution in [3.8, 4) is 0 Å². The number of rotatable bonds is 3. The summed E-state index contributed by atoms with van der Waals surface area (Å²) >= 11 is 0. The molecule has 1 aliphatic carbocycles. The van der Waals surface area contributed by atoms with E-state index in [0.29, 0.717) is 0 Å². The molecule has 72 valence electrons. The van der Waals surface area contributed by atoms with Gasteiger partial charge in [0, 0.05) is 6.42 Å². The van der Waals surface area contributed by atoms with Crippen LogP contribution in [0.4, 0.5) is 0 Å². The zero-order valence-corrected chi connectivity index (χ0v) is 8.21. The van der Waals surface area contributed by atoms with Gasteiger partial charge in [0.1, 0.15) is 0 Å². The molecule has 1 aliphatic rings. The molecule has 2 heteroatoms. The molecule has 0 spiro atoms. The summed E-state index contributed by atoms with van der Waals surface area (Å²) in [4.78, 5) is 10.4. The summed E-state index contributed by atoms with van der Waals surface area (Å²) in [7, 11) is 0. The van der Waals surface area contributed by atoms with Crippen molar-refractivity contribution in [2.45, 2.75) is 33.1 Å². The standard InChI is InChI=1S/C11H16O2/c1-9-3-6-11(2,7-4-9)8-5-10(12)13/h3-4,6H,5,7-8H2,1-2H3,(H,12,13). The van der Waals surface area contributed by atoms with E-state index in [2.05, 4.69) is 32.1 Å². The molecular formula is C11H16O2. The van der Waals surface area contributed by atoms with Crippen molar-refractivity contribution in [3.63, 3.8) is 0 Å². The maximum absolute atomic E-state index is 10.4. The Balaban J connectivity index is 2.50. The summed E-state index contributed by atoms with van der Waals surface area (Å²) in [5, 5.41) is 8.57. The largest absolute Gasteiger partial charge is 0.481 e. The van der Waals surface area contributed by atoms with E-state index in [9.17, 15) is 4.79 Å². The molecule has 0 amide bonds. The van der Waals surface area contributed by atoms with Gasteiger partial charge in [0.2, 0.25) is 0 Å². The van der Waals surface area contributed by atoms with Gasteiger partial charge in [0.15, 0.2) is 0 Å². The Morgan fingerprint density at radius 1 is 1.69 bits per heavy atom. The second-order valence-electron chi connectivity index (χ2n) is 4.03. The molecular weight excluding hydrogens is 164 g/mol. The average Bonchev–Trinajstić information content (AvgIpc) is 2.08. The van der Waals surface area contributed by atoms with Crippen LogP contribution in [0.2, 0.25) is 0 Å². The third-order valence-electron chi connectivity index (χ3n) is 2.55. The Kier molecular flexibility index (Phi) is 2.91. The number of hydrogen-bond donors (Lipinski definition) is 1. The first kappa shape index (κ1) is 10.0. The molecule has 0 aliphatic heterocycles. The van der Waals surface area contributed by atoms with Crippen molar-refractivity contribution in [3.05, 3.63) is 23.8 Å². The third-order valence-corrected chi connectivity index (χ3v) is 2.55. The van der Waals surface area contributed by atoms with Crippen LogP contribution < -0.4 is 0 Å². The summed E-state index contributed by atoms with van der Waals surface area (Å²) in [6.45, 7) is 4.17. The van der Waals surface area contributed by atoms with Crippen LogP contribution in [0.25, 0.3) is 0 Å². The van der Waals surface area contributed by atoms with E-state index >= 15 is 0 Å². The van der Waals surface area contributed by atoms with Crippen molar-refractivity contribution >= 4 is 5.97 Å². The van der Waals surface area contributed by atoms with E-state index in [0.717, 1.165) is 12.8 Å². The fourth-order valence-corrected chi connectivity index (χ4v) is 1.44. The van der Waals surface area contributed by atoms with E-state index in [1.165, 1.54) is 5.57 Å². The van der Waals surface area contributed by atoms with Gasteiger partial charge in [-0.3, -0.25) is 4.79 Å². The second-order valence-corrected chi connectivity index (χ2v) is 4.03. The number of carboxylic acids is 1. The van der Waals surface area contributed by atoms with Crippen LogP contribution in [-0.2, 0) is 4.79 Å². The van der Waals surface area contributed by atoms with E-state index in [-0.39, 0.29) is 11.8 Å². The quantitative estimate of drug-likeness (QED) is 0.725. The van der Waals surface area contributed by atoms with E-state index in [1.54, 1.807) is 0 Å². The minimum atomic E-state index is -0.707. The number of aliphatic carboxylic acids is 1. The SMILES string of the molecule is CC1=CCC(C)(CCC(=O)O)C=C1. The molecule has 1 rings (SSSR count). The number of carbonyl (C=O) groups is 1. The third kappa shape index (κ3) is 3.05. The van der Waals surface area contributed by atoms with Gasteiger partial charge in [-0.05, 0) is 25.2 Å². The van der Waals surface area contributed by atoms with Gasteiger partial charge >= 0.3 is 5.97 Å². The van der Waals surface area contributed by atoms with Crippen molar-refractivity contribution in [1.82, 2.24) is 0 Å². The Labute approximate surface area is 79.0 Å². The zero-order valence-electron chi connectivity index (χ0n) is 8.21. The van der Waals surface area contributed by atoms with Crippen LogP contribution in [-0.4, -0.2) is 11.1 Å². The first-order valence-electron chi connectivity index (χ1n) is 4.60. The average molecular weight is 180 g/mol. The van der Waals surface area contributed by atoms with Gasteiger partial charge in [-0.15, -0.1) is 0 Å². The minimum Gasteiger partial charge on any atom is -0.481 e. The van der Waals surface area contributed by atoms with Crippen molar-refractivity contribution in [2.24, 2.45) is 5.41 Å². The lowest BCUT2D eigenvalue weighted by molar-refractivity contribution is -0.137. The molecule has 2 nitrogen and oxygen atoms in total. The summed E-state index contributed by atoms with van der Waals surface area (Å²) < 4.78 is 0. The highest BCUT2D eigenvalue weighted by atomic mass is 16.4. The van der Waals surface area contributed by atoms with Crippen LogP contribution in [0.15, 0.2) is 23.8 Å². The molecule has 0 aromatic carbocycles. The smallest absolute Gasteiger partial charge is 0.303 e. The van der Waals surface area contributed by atoms with Crippen LogP contribution in [0.5, 0.6) is 0 Å². The van der Waals surface area contributed by atoms with Crippen molar-refractivity contribution in [1.29, 1.82) is 0 Å². The normalized spacial score (nSPS) is 27.1. The van der Waals surface area contributed by atoms with Gasteiger partial charge < -0.3 is 5.11 Å². The lowest BCUT2D eigenvalue weighted by Gasteiger charge is -2.26. The monoisotopic (exact) mass is 180 g/mol. The lowest BCUT2D eigenvalue weighted by atomic mass is 9.78. The second kappa shape index (κ2) is 3.77. The lowest BCUT2D eigenvalue weighted by Crippen LogP contribution is -2.16. The zero-order chi connectivity index (χ0) is 9.90. The first-order valence-corrected chi connectivity index (χ1v) is 4.60. The number of allylic oxidation sites excluding steroid dienone is 4. The van der Waals surface area contributed by atoms with Crippen LogP contribution in [0.1, 0.15) is 33.1 Å². The van der Waals surface area contributed by atoms with Crippen molar-refractivity contribution in [2.75, 3.05) is 0 Å². The molecule has 1 unspecified atom stereocenters. The fraction of sp³-hybridized carbons (Fsp3) is 0.545. The number of hydrogen-bond acceptors (Lipinski definition) is 1.